The van der Waals surface area contributed by atoms with Crippen LogP contribution in [0.4, 0.5) is 5.69 Å². The minimum Gasteiger partial charge on any atom is -0.462 e. The van der Waals surface area contributed by atoms with Gasteiger partial charge in [-0.3, -0.25) is 14.9 Å². The summed E-state index contributed by atoms with van der Waals surface area (Å²) in [7, 11) is 0. The van der Waals surface area contributed by atoms with Crippen molar-refractivity contribution in [2.24, 2.45) is 0 Å². The molecule has 0 spiro atoms. The summed E-state index contributed by atoms with van der Waals surface area (Å²) in [6.07, 6.45) is 0.368. The summed E-state index contributed by atoms with van der Waals surface area (Å²) in [4.78, 5) is 35.1. The van der Waals surface area contributed by atoms with Gasteiger partial charge in [0.1, 0.15) is 0 Å². The quantitative estimate of drug-likeness (QED) is 0.416. The predicted molar refractivity (Wildman–Crippen MR) is 97.5 cm³/mol. The molecule has 1 amide bonds. The van der Waals surface area contributed by atoms with Crippen LogP contribution in [-0.2, 0) is 11.2 Å². The number of nitro groups is 1. The molecular formula is C19H20N2O6. The molecule has 0 fully saturated rings. The first-order valence-electron chi connectivity index (χ1n) is 8.37. The Morgan fingerprint density at radius 1 is 1.19 bits per heavy atom. The van der Waals surface area contributed by atoms with Crippen LogP contribution in [0.15, 0.2) is 48.5 Å². The highest BCUT2D eigenvalue weighted by molar-refractivity contribution is 6.06. The molecule has 0 aliphatic rings. The Balaban J connectivity index is 2.27. The number of amides is 1. The van der Waals surface area contributed by atoms with E-state index in [0.717, 1.165) is 17.7 Å². The second-order valence-corrected chi connectivity index (χ2v) is 5.75. The monoisotopic (exact) mass is 372 g/mol. The van der Waals surface area contributed by atoms with Gasteiger partial charge in [-0.1, -0.05) is 30.3 Å². The van der Waals surface area contributed by atoms with E-state index in [1.807, 2.05) is 30.3 Å². The fourth-order valence-corrected chi connectivity index (χ4v) is 2.54. The van der Waals surface area contributed by atoms with Gasteiger partial charge in [0.05, 0.1) is 35.3 Å². The third kappa shape index (κ3) is 5.35. The zero-order valence-corrected chi connectivity index (χ0v) is 14.8. The molecule has 0 aliphatic carbocycles. The topological polar surface area (TPSA) is 119 Å². The minimum atomic E-state index is -0.749. The predicted octanol–water partition coefficient (Wildman–Crippen LogP) is 2.10. The third-order valence-electron chi connectivity index (χ3n) is 3.83. The number of nitro benzene ring substituents is 1. The molecule has 1 unspecified atom stereocenters. The molecular weight excluding hydrogens is 352 g/mol. The normalized spacial score (nSPS) is 11.5. The smallest absolute Gasteiger partial charge is 0.338 e. The lowest BCUT2D eigenvalue weighted by molar-refractivity contribution is -0.384. The summed E-state index contributed by atoms with van der Waals surface area (Å²) < 4.78 is 4.91. The van der Waals surface area contributed by atoms with Crippen molar-refractivity contribution in [3.05, 3.63) is 75.3 Å². The molecule has 2 rings (SSSR count). The van der Waals surface area contributed by atoms with Crippen molar-refractivity contribution in [3.63, 3.8) is 0 Å². The van der Waals surface area contributed by atoms with Gasteiger partial charge >= 0.3 is 5.97 Å². The van der Waals surface area contributed by atoms with Crippen molar-refractivity contribution in [2.45, 2.75) is 19.4 Å². The number of aliphatic hydroxyl groups excluding tert-OH is 1. The maximum atomic E-state index is 12.7. The Bertz CT molecular complexity index is 822. The molecule has 0 aromatic heterocycles. The second kappa shape index (κ2) is 9.44. The van der Waals surface area contributed by atoms with Crippen molar-refractivity contribution < 1.29 is 24.4 Å². The first-order chi connectivity index (χ1) is 13.0. The number of nitrogens with one attached hydrogen (secondary N) is 1. The molecule has 142 valence electrons. The van der Waals surface area contributed by atoms with Gasteiger partial charge in [0.15, 0.2) is 0 Å². The molecule has 0 aliphatic heterocycles. The van der Waals surface area contributed by atoms with E-state index in [1.54, 1.807) is 6.92 Å². The van der Waals surface area contributed by atoms with Gasteiger partial charge in [-0.2, -0.15) is 0 Å². The van der Waals surface area contributed by atoms with E-state index in [0.29, 0.717) is 6.42 Å². The Morgan fingerprint density at radius 2 is 1.89 bits per heavy atom. The van der Waals surface area contributed by atoms with E-state index in [1.165, 1.54) is 6.07 Å². The number of esters is 1. The molecule has 2 aromatic carbocycles. The van der Waals surface area contributed by atoms with Gasteiger partial charge in [-0.25, -0.2) is 4.79 Å². The molecule has 8 nitrogen and oxygen atoms in total. The van der Waals surface area contributed by atoms with E-state index < -0.39 is 22.8 Å². The number of non-ortho nitro benzene ring substituents is 1. The molecule has 0 heterocycles. The zero-order valence-electron chi connectivity index (χ0n) is 14.8. The van der Waals surface area contributed by atoms with Gasteiger partial charge < -0.3 is 15.2 Å². The Labute approximate surface area is 155 Å². The first kappa shape index (κ1) is 20.1. The molecule has 0 saturated heterocycles. The molecule has 2 N–H and O–H groups in total. The van der Waals surface area contributed by atoms with Crippen molar-refractivity contribution >= 4 is 17.6 Å². The minimum absolute atomic E-state index is 0.0728. The summed E-state index contributed by atoms with van der Waals surface area (Å²) >= 11 is 0. The number of carbonyl (C=O) groups is 2. The molecule has 27 heavy (non-hydrogen) atoms. The van der Waals surface area contributed by atoms with Crippen molar-refractivity contribution in [3.8, 4) is 0 Å². The second-order valence-electron chi connectivity index (χ2n) is 5.75. The van der Waals surface area contributed by atoms with Crippen LogP contribution in [-0.4, -0.2) is 41.2 Å². The number of rotatable bonds is 8. The highest BCUT2D eigenvalue weighted by atomic mass is 16.6. The molecule has 2 aromatic rings. The number of hydrogen-bond acceptors (Lipinski definition) is 6. The summed E-state index contributed by atoms with van der Waals surface area (Å²) in [5.41, 5.74) is 0.337. The Kier molecular flexibility index (Phi) is 7.01. The van der Waals surface area contributed by atoms with Crippen LogP contribution < -0.4 is 5.32 Å². The summed E-state index contributed by atoms with van der Waals surface area (Å²) in [6, 6.07) is 12.0. The number of nitrogens with zero attached hydrogens (tertiary/aromatic N) is 1. The molecule has 0 saturated carbocycles. The van der Waals surface area contributed by atoms with Crippen LogP contribution >= 0.6 is 0 Å². The molecule has 1 atom stereocenters. The van der Waals surface area contributed by atoms with E-state index in [2.05, 4.69) is 5.32 Å². The summed E-state index contributed by atoms with van der Waals surface area (Å²) in [5, 5.41) is 23.2. The van der Waals surface area contributed by atoms with Gasteiger partial charge in [0.2, 0.25) is 0 Å². The van der Waals surface area contributed by atoms with Gasteiger partial charge in [0.25, 0.3) is 11.6 Å². The lowest BCUT2D eigenvalue weighted by Gasteiger charge is -2.17. The van der Waals surface area contributed by atoms with E-state index in [9.17, 15) is 24.8 Å². The van der Waals surface area contributed by atoms with Crippen molar-refractivity contribution in [2.75, 3.05) is 13.2 Å². The van der Waals surface area contributed by atoms with Crippen molar-refractivity contribution in [1.29, 1.82) is 0 Å². The van der Waals surface area contributed by atoms with Crippen LogP contribution in [0.3, 0.4) is 0 Å². The average molecular weight is 372 g/mol. The lowest BCUT2D eigenvalue weighted by atomic mass is 10.0. The van der Waals surface area contributed by atoms with E-state index in [-0.39, 0.29) is 30.0 Å². The van der Waals surface area contributed by atoms with Gasteiger partial charge in [0, 0.05) is 12.1 Å². The standard InChI is InChI=1S/C19H20N2O6/c1-2-27-19(24)16-9-8-15(21(25)26)11-17(16)18(23)20-14(12-22)10-13-6-4-3-5-7-13/h3-9,11,14,22H,2,10,12H2,1H3,(H,20,23). The third-order valence-corrected chi connectivity index (χ3v) is 3.83. The highest BCUT2D eigenvalue weighted by Gasteiger charge is 2.23. The highest BCUT2D eigenvalue weighted by Crippen LogP contribution is 2.19. The fourth-order valence-electron chi connectivity index (χ4n) is 2.54. The number of ether oxygens (including phenoxy) is 1. The first-order valence-corrected chi connectivity index (χ1v) is 8.37. The fraction of sp³-hybridized carbons (Fsp3) is 0.263. The van der Waals surface area contributed by atoms with Crippen LogP contribution in [0.1, 0.15) is 33.2 Å². The Morgan fingerprint density at radius 3 is 2.48 bits per heavy atom. The molecule has 8 heteroatoms. The van der Waals surface area contributed by atoms with Gasteiger partial charge in [-0.15, -0.1) is 0 Å². The number of aliphatic hydroxyl groups is 1. The van der Waals surface area contributed by atoms with Crippen LogP contribution in [0.5, 0.6) is 0 Å². The van der Waals surface area contributed by atoms with Crippen LogP contribution in [0, 0.1) is 10.1 Å². The Hall–Kier alpha value is -3.26. The van der Waals surface area contributed by atoms with E-state index >= 15 is 0 Å². The SMILES string of the molecule is CCOC(=O)c1ccc([N+](=O)[O-])cc1C(=O)NC(CO)Cc1ccccc1. The van der Waals surface area contributed by atoms with Crippen molar-refractivity contribution in [1.82, 2.24) is 5.32 Å². The molecule has 0 bridgehead atoms. The van der Waals surface area contributed by atoms with Crippen LogP contribution in [0.25, 0.3) is 0 Å². The average Bonchev–Trinajstić information content (AvgIpc) is 2.67. The van der Waals surface area contributed by atoms with E-state index in [4.69, 9.17) is 4.74 Å². The number of benzene rings is 2. The van der Waals surface area contributed by atoms with Gasteiger partial charge in [-0.05, 0) is 25.0 Å². The molecule has 0 radical (unpaired) electrons. The maximum Gasteiger partial charge on any atom is 0.338 e. The maximum absolute atomic E-state index is 12.7. The van der Waals surface area contributed by atoms with Crippen LogP contribution in [0.2, 0.25) is 0 Å². The zero-order chi connectivity index (χ0) is 19.8. The lowest BCUT2D eigenvalue weighted by Crippen LogP contribution is -2.39. The summed E-state index contributed by atoms with van der Waals surface area (Å²) in [5.74, 6) is -1.45. The largest absolute Gasteiger partial charge is 0.462 e. The number of carbonyl (C=O) groups excluding carboxylic acids is 2. The summed E-state index contributed by atoms with van der Waals surface area (Å²) in [6.45, 7) is 1.39. The number of hydrogen-bond donors (Lipinski definition) is 2.